The van der Waals surface area contributed by atoms with Gasteiger partial charge in [-0.25, -0.2) is 0 Å². The van der Waals surface area contributed by atoms with Gasteiger partial charge in [0.1, 0.15) is 5.75 Å². The fraction of sp³-hybridized carbons (Fsp3) is 0.385. The maximum absolute atomic E-state index is 10.7. The van der Waals surface area contributed by atoms with Gasteiger partial charge in [-0.3, -0.25) is 4.79 Å². The van der Waals surface area contributed by atoms with Crippen LogP contribution in [0.3, 0.4) is 0 Å². The molecule has 1 aromatic rings. The van der Waals surface area contributed by atoms with Crippen molar-refractivity contribution in [2.45, 2.75) is 12.8 Å². The average molecular weight is 406 g/mol. The van der Waals surface area contributed by atoms with Crippen molar-refractivity contribution >= 4 is 37.8 Å². The summed E-state index contributed by atoms with van der Waals surface area (Å²) in [6.07, 6.45) is 1.55. The summed E-state index contributed by atoms with van der Waals surface area (Å²) < 4.78 is 7.44. The molecule has 0 aliphatic heterocycles. The van der Waals surface area contributed by atoms with E-state index in [2.05, 4.69) is 42.9 Å². The predicted octanol–water partition coefficient (Wildman–Crippen LogP) is 1.40. The number of benzene rings is 1. The van der Waals surface area contributed by atoms with Crippen molar-refractivity contribution in [1.82, 2.24) is 5.32 Å². The van der Waals surface area contributed by atoms with Gasteiger partial charge < -0.3 is 15.8 Å². The highest BCUT2D eigenvalue weighted by molar-refractivity contribution is 9.11. The Morgan fingerprint density at radius 2 is 2.05 bits per heavy atom. The van der Waals surface area contributed by atoms with Crippen molar-refractivity contribution in [3.8, 4) is 11.8 Å². The lowest BCUT2D eigenvalue weighted by Gasteiger charge is -2.12. The van der Waals surface area contributed by atoms with Crippen molar-refractivity contribution in [3.05, 3.63) is 26.6 Å². The fourth-order valence-corrected chi connectivity index (χ4v) is 3.10. The summed E-state index contributed by atoms with van der Waals surface area (Å²) in [6, 6.07) is 5.53. The van der Waals surface area contributed by atoms with E-state index in [4.69, 9.17) is 10.00 Å². The van der Waals surface area contributed by atoms with E-state index in [1.54, 1.807) is 0 Å². The Hall–Kier alpha value is -1.10. The molecule has 0 saturated carbocycles. The van der Waals surface area contributed by atoms with Gasteiger partial charge in [0.2, 0.25) is 0 Å². The Kier molecular flexibility index (Phi) is 7.59. The monoisotopic (exact) mass is 404 g/mol. The number of nitrogens with one attached hydrogen (secondary N) is 1. The first-order chi connectivity index (χ1) is 9.58. The Morgan fingerprint density at radius 1 is 1.40 bits per heavy atom. The second-order valence-electron chi connectivity index (χ2n) is 4.06. The Bertz CT molecular complexity index is 492. The zero-order chi connectivity index (χ0) is 15.0. The van der Waals surface area contributed by atoms with E-state index in [1.807, 2.05) is 12.1 Å². The topological polar surface area (TPSA) is 89.8 Å². The van der Waals surface area contributed by atoms with Crippen LogP contribution < -0.4 is 15.8 Å². The molecule has 0 radical (unpaired) electrons. The zero-order valence-electron chi connectivity index (χ0n) is 10.9. The van der Waals surface area contributed by atoms with Crippen LogP contribution in [0.15, 0.2) is 21.1 Å². The maximum atomic E-state index is 10.7. The zero-order valence-corrected chi connectivity index (χ0v) is 14.1. The molecule has 1 amide bonds. The number of carbonyl (C=O) groups excluding carboxylic acids is 1. The molecule has 4 N–H and O–H groups in total. The molecule has 0 heterocycles. The molecule has 7 heteroatoms. The first-order valence-corrected chi connectivity index (χ1v) is 7.75. The first kappa shape index (κ1) is 17.0. The van der Waals surface area contributed by atoms with Crippen LogP contribution in [-0.4, -0.2) is 25.6 Å². The molecule has 0 unspecified atom stereocenters. The number of halogens is 2. The van der Waals surface area contributed by atoms with Crippen LogP contribution in [0.2, 0.25) is 0 Å². The molecular formula is C13H16Br2N3O2+. The number of hydrogen-bond acceptors (Lipinski definition) is 3. The molecular weight excluding hydrogens is 390 g/mol. The summed E-state index contributed by atoms with van der Waals surface area (Å²) in [4.78, 5) is 10.7. The SMILES string of the molecule is N#CC(=O)NCCCOc1c(Br)cc(CC[NH3+])cc1Br. The molecule has 0 atom stereocenters. The molecule has 20 heavy (non-hydrogen) atoms. The van der Waals surface area contributed by atoms with E-state index in [9.17, 15) is 4.79 Å². The number of hydrogen-bond donors (Lipinski definition) is 2. The third-order valence-electron chi connectivity index (χ3n) is 2.48. The van der Waals surface area contributed by atoms with E-state index in [-0.39, 0.29) is 0 Å². The van der Waals surface area contributed by atoms with Crippen LogP contribution >= 0.6 is 31.9 Å². The molecule has 0 bridgehead atoms. The molecule has 0 aromatic heterocycles. The number of ether oxygens (including phenoxy) is 1. The number of carbonyl (C=O) groups is 1. The molecule has 0 aliphatic carbocycles. The van der Waals surface area contributed by atoms with Gasteiger partial charge in [0.25, 0.3) is 0 Å². The van der Waals surface area contributed by atoms with Gasteiger partial charge in [0.15, 0.2) is 6.07 Å². The van der Waals surface area contributed by atoms with Crippen LogP contribution in [0.4, 0.5) is 0 Å². The quantitative estimate of drug-likeness (QED) is 0.530. The highest BCUT2D eigenvalue weighted by Gasteiger charge is 2.09. The lowest BCUT2D eigenvalue weighted by molar-refractivity contribution is -0.366. The van der Waals surface area contributed by atoms with E-state index in [0.29, 0.717) is 19.6 Å². The van der Waals surface area contributed by atoms with Crippen molar-refractivity contribution in [2.75, 3.05) is 19.7 Å². The van der Waals surface area contributed by atoms with Gasteiger partial charge in [-0.1, -0.05) is 0 Å². The van der Waals surface area contributed by atoms with E-state index in [0.717, 1.165) is 27.7 Å². The van der Waals surface area contributed by atoms with E-state index in [1.165, 1.54) is 11.6 Å². The average Bonchev–Trinajstić information content (AvgIpc) is 2.41. The van der Waals surface area contributed by atoms with Crippen LogP contribution in [0.25, 0.3) is 0 Å². The molecule has 0 spiro atoms. The maximum Gasteiger partial charge on any atom is 0.322 e. The standard InChI is InChI=1S/C13H15Br2N3O2/c14-10-6-9(2-3-16)7-11(15)13(10)20-5-1-4-18-12(19)8-17/h6-7H,1-5,16H2,(H,18,19)/p+1. The smallest absolute Gasteiger partial charge is 0.322 e. The summed E-state index contributed by atoms with van der Waals surface area (Å²) in [5, 5.41) is 10.8. The number of rotatable bonds is 7. The third-order valence-corrected chi connectivity index (χ3v) is 3.66. The Labute approximate surface area is 134 Å². The predicted molar refractivity (Wildman–Crippen MR) is 82.0 cm³/mol. The molecule has 0 aliphatic rings. The molecule has 0 fully saturated rings. The van der Waals surface area contributed by atoms with Crippen molar-refractivity contribution in [3.63, 3.8) is 0 Å². The van der Waals surface area contributed by atoms with Gasteiger partial charge >= 0.3 is 5.91 Å². The van der Waals surface area contributed by atoms with Crippen molar-refractivity contribution < 1.29 is 15.3 Å². The Balaban J connectivity index is 2.48. The van der Waals surface area contributed by atoms with Gasteiger partial charge in [0, 0.05) is 13.0 Å². The fourth-order valence-electron chi connectivity index (χ4n) is 1.59. The van der Waals surface area contributed by atoms with Crippen molar-refractivity contribution in [1.29, 1.82) is 5.26 Å². The largest absolute Gasteiger partial charge is 0.491 e. The summed E-state index contributed by atoms with van der Waals surface area (Å²) in [5.41, 5.74) is 5.02. The summed E-state index contributed by atoms with van der Waals surface area (Å²) in [7, 11) is 0. The van der Waals surface area contributed by atoms with Crippen LogP contribution in [0, 0.1) is 11.3 Å². The van der Waals surface area contributed by atoms with Gasteiger partial charge in [-0.05, 0) is 56.0 Å². The third kappa shape index (κ3) is 5.49. The number of quaternary nitrogens is 1. The summed E-state index contributed by atoms with van der Waals surface area (Å²) >= 11 is 6.97. The van der Waals surface area contributed by atoms with Gasteiger partial charge in [0.05, 0.1) is 22.1 Å². The van der Waals surface area contributed by atoms with Gasteiger partial charge in [-0.15, -0.1) is 0 Å². The first-order valence-electron chi connectivity index (χ1n) is 6.16. The molecule has 108 valence electrons. The van der Waals surface area contributed by atoms with Crippen molar-refractivity contribution in [2.24, 2.45) is 0 Å². The highest BCUT2D eigenvalue weighted by Crippen LogP contribution is 2.34. The minimum atomic E-state index is -0.620. The van der Waals surface area contributed by atoms with E-state index >= 15 is 0 Å². The molecule has 0 saturated heterocycles. The lowest BCUT2D eigenvalue weighted by Crippen LogP contribution is -2.51. The second-order valence-corrected chi connectivity index (χ2v) is 5.77. The van der Waals surface area contributed by atoms with Crippen LogP contribution in [0.5, 0.6) is 5.75 Å². The van der Waals surface area contributed by atoms with Crippen LogP contribution in [0.1, 0.15) is 12.0 Å². The molecule has 1 aromatic carbocycles. The van der Waals surface area contributed by atoms with Gasteiger partial charge in [-0.2, -0.15) is 5.26 Å². The number of amides is 1. The second kappa shape index (κ2) is 8.95. The van der Waals surface area contributed by atoms with Crippen LogP contribution in [-0.2, 0) is 11.2 Å². The summed E-state index contributed by atoms with van der Waals surface area (Å²) in [5.74, 6) is 0.120. The molecule has 5 nitrogen and oxygen atoms in total. The van der Waals surface area contributed by atoms with E-state index < -0.39 is 5.91 Å². The normalized spacial score (nSPS) is 9.90. The minimum Gasteiger partial charge on any atom is -0.491 e. The number of nitriles is 1. The summed E-state index contributed by atoms with van der Waals surface area (Å²) in [6.45, 7) is 1.72. The highest BCUT2D eigenvalue weighted by atomic mass is 79.9. The lowest BCUT2D eigenvalue weighted by atomic mass is 10.1. The molecule has 1 rings (SSSR count). The number of nitrogens with zero attached hydrogens (tertiary/aromatic N) is 1. The minimum absolute atomic E-state index is 0.418. The Morgan fingerprint density at radius 3 is 2.60 bits per heavy atom.